The molecule has 1 aromatic carbocycles. The van der Waals surface area contributed by atoms with Crippen LogP contribution in [0.3, 0.4) is 0 Å². The molecule has 0 atom stereocenters. The number of rotatable bonds is 2. The quantitative estimate of drug-likeness (QED) is 0.739. The molecule has 17 heavy (non-hydrogen) atoms. The van der Waals surface area contributed by atoms with Crippen LogP contribution in [0.5, 0.6) is 0 Å². The predicted molar refractivity (Wildman–Crippen MR) is 62.1 cm³/mol. The molecule has 0 fully saturated rings. The third-order valence-corrected chi connectivity index (χ3v) is 2.41. The minimum Gasteiger partial charge on any atom is -0.396 e. The average molecular weight is 234 g/mol. The molecular formula is C11H11FN4O. The zero-order chi connectivity index (χ0) is 12.4. The molecule has 0 bridgehead atoms. The molecule has 1 aromatic heterocycles. The van der Waals surface area contributed by atoms with Gasteiger partial charge in [-0.1, -0.05) is 6.07 Å². The number of carbonyl (C=O) groups is 1. The average Bonchev–Trinajstić information content (AvgIpc) is 2.71. The number of aromatic amines is 1. The van der Waals surface area contributed by atoms with Crippen LogP contribution in [0.2, 0.25) is 0 Å². The Bertz CT molecular complexity index is 564. The normalized spacial score (nSPS) is 10.2. The van der Waals surface area contributed by atoms with Gasteiger partial charge in [-0.3, -0.25) is 9.89 Å². The molecule has 5 nitrogen and oxygen atoms in total. The lowest BCUT2D eigenvalue weighted by Crippen LogP contribution is -2.15. The minimum absolute atomic E-state index is 0.161. The fraction of sp³-hybridized carbons (Fsp3) is 0.0909. The van der Waals surface area contributed by atoms with Crippen LogP contribution in [-0.4, -0.2) is 16.1 Å². The topological polar surface area (TPSA) is 83.8 Å². The fourth-order valence-electron chi connectivity index (χ4n) is 1.41. The Balaban J connectivity index is 2.25. The van der Waals surface area contributed by atoms with E-state index in [1.165, 1.54) is 18.3 Å². The first-order valence-electron chi connectivity index (χ1n) is 4.95. The highest BCUT2D eigenvalue weighted by atomic mass is 19.1. The van der Waals surface area contributed by atoms with Gasteiger partial charge in [0, 0.05) is 11.3 Å². The molecule has 6 heteroatoms. The molecule has 0 radical (unpaired) electrons. The molecule has 1 amide bonds. The Morgan fingerprint density at radius 1 is 1.53 bits per heavy atom. The van der Waals surface area contributed by atoms with Gasteiger partial charge < -0.3 is 11.1 Å². The van der Waals surface area contributed by atoms with Gasteiger partial charge in [0.1, 0.15) is 11.5 Å². The van der Waals surface area contributed by atoms with E-state index in [0.29, 0.717) is 11.3 Å². The number of aromatic nitrogens is 2. The van der Waals surface area contributed by atoms with Crippen LogP contribution in [-0.2, 0) is 0 Å². The molecule has 0 aliphatic heterocycles. The zero-order valence-electron chi connectivity index (χ0n) is 9.12. The van der Waals surface area contributed by atoms with Crippen LogP contribution in [0.15, 0.2) is 24.4 Å². The van der Waals surface area contributed by atoms with Crippen molar-refractivity contribution in [2.45, 2.75) is 6.92 Å². The van der Waals surface area contributed by atoms with E-state index in [0.717, 1.165) is 0 Å². The molecule has 1 heterocycles. The molecule has 88 valence electrons. The first kappa shape index (κ1) is 11.1. The molecule has 0 aliphatic rings. The Hall–Kier alpha value is -2.37. The number of amides is 1. The first-order valence-corrected chi connectivity index (χ1v) is 4.95. The van der Waals surface area contributed by atoms with E-state index in [2.05, 4.69) is 15.5 Å². The third-order valence-electron chi connectivity index (χ3n) is 2.41. The van der Waals surface area contributed by atoms with Gasteiger partial charge in [0.2, 0.25) is 0 Å². The van der Waals surface area contributed by atoms with Gasteiger partial charge in [-0.25, -0.2) is 4.39 Å². The summed E-state index contributed by atoms with van der Waals surface area (Å²) in [5.41, 5.74) is 6.72. The number of nitrogens with one attached hydrogen (secondary N) is 2. The zero-order valence-corrected chi connectivity index (χ0v) is 9.12. The second-order valence-corrected chi connectivity index (χ2v) is 3.57. The van der Waals surface area contributed by atoms with Gasteiger partial charge in [0.15, 0.2) is 0 Å². The van der Waals surface area contributed by atoms with Crippen molar-refractivity contribution in [2.75, 3.05) is 11.1 Å². The van der Waals surface area contributed by atoms with Crippen molar-refractivity contribution in [3.8, 4) is 0 Å². The van der Waals surface area contributed by atoms with E-state index >= 15 is 0 Å². The highest BCUT2D eigenvalue weighted by Crippen LogP contribution is 2.18. The summed E-state index contributed by atoms with van der Waals surface area (Å²) < 4.78 is 13.3. The summed E-state index contributed by atoms with van der Waals surface area (Å²) in [4.78, 5) is 11.8. The smallest absolute Gasteiger partial charge is 0.275 e. The third kappa shape index (κ3) is 2.10. The van der Waals surface area contributed by atoms with E-state index in [1.54, 1.807) is 13.0 Å². The number of hydrogen-bond donors (Lipinski definition) is 3. The van der Waals surface area contributed by atoms with Gasteiger partial charge >= 0.3 is 0 Å². The summed E-state index contributed by atoms with van der Waals surface area (Å²) in [6.45, 7) is 1.58. The van der Waals surface area contributed by atoms with Crippen molar-refractivity contribution >= 4 is 17.3 Å². The standard InChI is InChI=1S/C11H11FN4O/c1-6-7(12)3-2-4-9(6)15-11(17)10-8(13)5-14-16-10/h2-5H,13H2,1H3,(H,14,16)(H,15,17). The van der Waals surface area contributed by atoms with E-state index in [4.69, 9.17) is 5.73 Å². The number of nitrogens with two attached hydrogens (primary N) is 1. The summed E-state index contributed by atoms with van der Waals surface area (Å²) >= 11 is 0. The SMILES string of the molecule is Cc1c(F)cccc1NC(=O)c1[nH]ncc1N. The molecule has 2 rings (SSSR count). The van der Waals surface area contributed by atoms with E-state index in [1.807, 2.05) is 0 Å². The maximum atomic E-state index is 13.3. The molecule has 0 saturated heterocycles. The van der Waals surface area contributed by atoms with Crippen LogP contribution in [0.4, 0.5) is 15.8 Å². The van der Waals surface area contributed by atoms with Gasteiger partial charge in [-0.05, 0) is 19.1 Å². The molecule has 0 aliphatic carbocycles. The molecule has 2 aromatic rings. The van der Waals surface area contributed by atoms with Gasteiger partial charge in [-0.15, -0.1) is 0 Å². The van der Waals surface area contributed by atoms with Gasteiger partial charge in [-0.2, -0.15) is 5.10 Å². The number of anilines is 2. The summed E-state index contributed by atoms with van der Waals surface area (Å²) in [7, 11) is 0. The highest BCUT2D eigenvalue weighted by Gasteiger charge is 2.13. The summed E-state index contributed by atoms with van der Waals surface area (Å²) in [6.07, 6.45) is 1.34. The summed E-state index contributed by atoms with van der Waals surface area (Å²) in [5.74, 6) is -0.825. The molecule has 4 N–H and O–H groups in total. The van der Waals surface area contributed by atoms with Crippen molar-refractivity contribution in [1.29, 1.82) is 0 Å². The van der Waals surface area contributed by atoms with Crippen LogP contribution >= 0.6 is 0 Å². The van der Waals surface area contributed by atoms with E-state index in [-0.39, 0.29) is 17.2 Å². The van der Waals surface area contributed by atoms with Crippen LogP contribution in [0.1, 0.15) is 16.1 Å². The molecule has 0 saturated carbocycles. The van der Waals surface area contributed by atoms with Crippen molar-refractivity contribution in [2.24, 2.45) is 0 Å². The number of benzene rings is 1. The lowest BCUT2D eigenvalue weighted by molar-refractivity contribution is 0.102. The summed E-state index contributed by atoms with van der Waals surface area (Å²) in [5, 5.41) is 8.68. The molecule has 0 spiro atoms. The molecule has 0 unspecified atom stereocenters. The monoisotopic (exact) mass is 234 g/mol. The Kier molecular flexibility index (Phi) is 2.78. The van der Waals surface area contributed by atoms with Crippen molar-refractivity contribution < 1.29 is 9.18 Å². The summed E-state index contributed by atoms with van der Waals surface area (Å²) in [6, 6.07) is 4.46. The van der Waals surface area contributed by atoms with Crippen molar-refractivity contribution in [3.63, 3.8) is 0 Å². The van der Waals surface area contributed by atoms with E-state index in [9.17, 15) is 9.18 Å². The van der Waals surface area contributed by atoms with Crippen LogP contribution in [0.25, 0.3) is 0 Å². The van der Waals surface area contributed by atoms with Crippen molar-refractivity contribution in [3.05, 3.63) is 41.5 Å². The maximum Gasteiger partial charge on any atom is 0.275 e. The lowest BCUT2D eigenvalue weighted by Gasteiger charge is -2.08. The Morgan fingerprint density at radius 2 is 2.29 bits per heavy atom. The molecular weight excluding hydrogens is 223 g/mol. The van der Waals surface area contributed by atoms with Crippen LogP contribution in [0, 0.1) is 12.7 Å². The van der Waals surface area contributed by atoms with Crippen LogP contribution < -0.4 is 11.1 Å². The minimum atomic E-state index is -0.450. The maximum absolute atomic E-state index is 13.3. The number of nitrogen functional groups attached to an aromatic ring is 1. The number of halogens is 1. The van der Waals surface area contributed by atoms with Gasteiger partial charge in [0.25, 0.3) is 5.91 Å². The number of hydrogen-bond acceptors (Lipinski definition) is 3. The van der Waals surface area contributed by atoms with E-state index < -0.39 is 5.91 Å². The highest BCUT2D eigenvalue weighted by molar-refractivity contribution is 6.06. The Labute approximate surface area is 96.8 Å². The fourth-order valence-corrected chi connectivity index (χ4v) is 1.41. The predicted octanol–water partition coefficient (Wildman–Crippen LogP) is 1.69. The van der Waals surface area contributed by atoms with Crippen molar-refractivity contribution in [1.82, 2.24) is 10.2 Å². The number of H-pyrrole nitrogens is 1. The van der Waals surface area contributed by atoms with Gasteiger partial charge in [0.05, 0.1) is 11.9 Å². The number of carbonyl (C=O) groups excluding carboxylic acids is 1. The lowest BCUT2D eigenvalue weighted by atomic mass is 10.2. The second-order valence-electron chi connectivity index (χ2n) is 3.57. The second kappa shape index (κ2) is 4.25. The largest absolute Gasteiger partial charge is 0.396 e. The Morgan fingerprint density at radius 3 is 2.94 bits per heavy atom. The first-order chi connectivity index (χ1) is 8.09. The number of nitrogens with zero attached hydrogens (tertiary/aromatic N) is 1.